The zero-order chi connectivity index (χ0) is 14.0. The summed E-state index contributed by atoms with van der Waals surface area (Å²) < 4.78 is 16.6. The van der Waals surface area contributed by atoms with Crippen molar-refractivity contribution in [3.8, 4) is 5.75 Å². The van der Waals surface area contributed by atoms with E-state index in [1.807, 2.05) is 12.1 Å². The van der Waals surface area contributed by atoms with E-state index in [-0.39, 0.29) is 17.7 Å². The molecule has 4 nitrogen and oxygen atoms in total. The highest BCUT2D eigenvalue weighted by molar-refractivity contribution is 5.89. The molecule has 1 aliphatic heterocycles. The highest BCUT2D eigenvalue weighted by Crippen LogP contribution is 2.43. The van der Waals surface area contributed by atoms with E-state index >= 15 is 0 Å². The SMILES string of the molecule is COC(=O)c1ccc(OC2CCOC3(CCC3)C2)cc1. The number of hydrogen-bond acceptors (Lipinski definition) is 4. The fraction of sp³-hybridized carbons (Fsp3) is 0.562. The van der Waals surface area contributed by atoms with Crippen LogP contribution in [-0.2, 0) is 9.47 Å². The quantitative estimate of drug-likeness (QED) is 0.796. The van der Waals surface area contributed by atoms with Crippen molar-refractivity contribution in [1.82, 2.24) is 0 Å². The molecule has 0 aromatic heterocycles. The van der Waals surface area contributed by atoms with Gasteiger partial charge in [0.05, 0.1) is 24.9 Å². The van der Waals surface area contributed by atoms with Crippen LogP contribution in [0.5, 0.6) is 5.75 Å². The van der Waals surface area contributed by atoms with E-state index in [1.54, 1.807) is 12.1 Å². The van der Waals surface area contributed by atoms with Gasteiger partial charge in [-0.25, -0.2) is 4.79 Å². The number of methoxy groups -OCH3 is 1. The molecule has 108 valence electrons. The molecule has 2 fully saturated rings. The van der Waals surface area contributed by atoms with Crippen LogP contribution in [-0.4, -0.2) is 31.4 Å². The number of carbonyl (C=O) groups is 1. The number of benzene rings is 1. The predicted molar refractivity (Wildman–Crippen MR) is 74.0 cm³/mol. The van der Waals surface area contributed by atoms with Crippen molar-refractivity contribution in [1.29, 1.82) is 0 Å². The molecule has 20 heavy (non-hydrogen) atoms. The van der Waals surface area contributed by atoms with Crippen molar-refractivity contribution >= 4 is 5.97 Å². The maximum Gasteiger partial charge on any atom is 0.337 e. The molecule has 0 bridgehead atoms. The van der Waals surface area contributed by atoms with E-state index in [9.17, 15) is 4.79 Å². The van der Waals surface area contributed by atoms with Gasteiger partial charge in [0.15, 0.2) is 0 Å². The van der Waals surface area contributed by atoms with Crippen molar-refractivity contribution < 1.29 is 19.0 Å². The zero-order valence-corrected chi connectivity index (χ0v) is 11.8. The second-order valence-corrected chi connectivity index (χ2v) is 5.63. The van der Waals surface area contributed by atoms with E-state index in [1.165, 1.54) is 13.5 Å². The zero-order valence-electron chi connectivity index (χ0n) is 11.8. The van der Waals surface area contributed by atoms with Gasteiger partial charge in [-0.2, -0.15) is 0 Å². The molecule has 1 atom stereocenters. The maximum atomic E-state index is 11.4. The topological polar surface area (TPSA) is 44.8 Å². The number of ether oxygens (including phenoxy) is 3. The monoisotopic (exact) mass is 276 g/mol. The van der Waals surface area contributed by atoms with Gasteiger partial charge in [0.2, 0.25) is 0 Å². The Morgan fingerprint density at radius 1 is 1.30 bits per heavy atom. The van der Waals surface area contributed by atoms with Crippen LogP contribution in [0.4, 0.5) is 0 Å². The third-order valence-electron chi connectivity index (χ3n) is 4.29. The van der Waals surface area contributed by atoms with Gasteiger partial charge in [0.1, 0.15) is 11.9 Å². The van der Waals surface area contributed by atoms with Crippen molar-refractivity contribution in [2.75, 3.05) is 13.7 Å². The fourth-order valence-corrected chi connectivity index (χ4v) is 2.98. The minimum atomic E-state index is -0.323. The molecule has 0 radical (unpaired) electrons. The Labute approximate surface area is 119 Å². The van der Waals surface area contributed by atoms with Crippen LogP contribution in [0.3, 0.4) is 0 Å². The van der Waals surface area contributed by atoms with Gasteiger partial charge in [-0.3, -0.25) is 0 Å². The van der Waals surface area contributed by atoms with Crippen LogP contribution >= 0.6 is 0 Å². The minimum absolute atomic E-state index is 0.0921. The van der Waals surface area contributed by atoms with E-state index in [2.05, 4.69) is 4.74 Å². The molecule has 3 rings (SSSR count). The molecule has 1 aromatic rings. The Morgan fingerprint density at radius 3 is 2.65 bits per heavy atom. The molecule has 1 spiro atoms. The van der Waals surface area contributed by atoms with Crippen molar-refractivity contribution in [2.24, 2.45) is 0 Å². The van der Waals surface area contributed by atoms with Gasteiger partial charge in [0, 0.05) is 12.8 Å². The van der Waals surface area contributed by atoms with Crippen molar-refractivity contribution in [3.05, 3.63) is 29.8 Å². The Balaban J connectivity index is 1.61. The Morgan fingerprint density at radius 2 is 2.05 bits per heavy atom. The summed E-state index contributed by atoms with van der Waals surface area (Å²) in [5, 5.41) is 0. The minimum Gasteiger partial charge on any atom is -0.490 e. The molecular formula is C16H20O4. The molecule has 1 saturated heterocycles. The van der Waals surface area contributed by atoms with E-state index in [0.717, 1.165) is 38.0 Å². The molecule has 0 amide bonds. The second kappa shape index (κ2) is 5.44. The summed E-state index contributed by atoms with van der Waals surface area (Å²) in [5.41, 5.74) is 0.636. The lowest BCUT2D eigenvalue weighted by Crippen LogP contribution is -2.48. The molecule has 4 heteroatoms. The first-order valence-corrected chi connectivity index (χ1v) is 7.20. The standard InChI is InChI=1S/C16H20O4/c1-18-15(17)12-3-5-13(6-4-12)20-14-7-10-19-16(11-14)8-2-9-16/h3-6,14H,2,7-11H2,1H3. The largest absolute Gasteiger partial charge is 0.490 e. The molecule has 1 saturated carbocycles. The van der Waals surface area contributed by atoms with E-state index in [4.69, 9.17) is 9.47 Å². The third-order valence-corrected chi connectivity index (χ3v) is 4.29. The highest BCUT2D eigenvalue weighted by Gasteiger charge is 2.43. The van der Waals surface area contributed by atoms with Crippen LogP contribution in [0.15, 0.2) is 24.3 Å². The highest BCUT2D eigenvalue weighted by atomic mass is 16.5. The summed E-state index contributed by atoms with van der Waals surface area (Å²) >= 11 is 0. The lowest BCUT2D eigenvalue weighted by Gasteiger charge is -2.46. The van der Waals surface area contributed by atoms with Gasteiger partial charge in [-0.05, 0) is 43.5 Å². The van der Waals surface area contributed by atoms with E-state index < -0.39 is 0 Å². The van der Waals surface area contributed by atoms with Crippen molar-refractivity contribution in [2.45, 2.75) is 43.8 Å². The smallest absolute Gasteiger partial charge is 0.337 e. The normalized spacial score (nSPS) is 23.9. The molecule has 1 heterocycles. The van der Waals surface area contributed by atoms with Gasteiger partial charge in [0.25, 0.3) is 0 Å². The first kappa shape index (κ1) is 13.4. The second-order valence-electron chi connectivity index (χ2n) is 5.63. The molecule has 2 aliphatic rings. The van der Waals surface area contributed by atoms with Crippen LogP contribution < -0.4 is 4.74 Å². The lowest BCUT2D eigenvalue weighted by molar-refractivity contribution is -0.153. The van der Waals surface area contributed by atoms with Crippen LogP contribution in [0.2, 0.25) is 0 Å². The summed E-state index contributed by atoms with van der Waals surface area (Å²) in [6.45, 7) is 0.783. The Bertz CT molecular complexity index is 476. The van der Waals surface area contributed by atoms with Gasteiger partial charge < -0.3 is 14.2 Å². The fourth-order valence-electron chi connectivity index (χ4n) is 2.98. The van der Waals surface area contributed by atoms with Gasteiger partial charge in [-0.1, -0.05) is 0 Å². The average Bonchev–Trinajstić information content (AvgIpc) is 2.46. The van der Waals surface area contributed by atoms with Crippen molar-refractivity contribution in [3.63, 3.8) is 0 Å². The molecule has 1 aromatic carbocycles. The Kier molecular flexibility index (Phi) is 3.66. The summed E-state index contributed by atoms with van der Waals surface area (Å²) in [5.74, 6) is 0.482. The van der Waals surface area contributed by atoms with E-state index in [0.29, 0.717) is 5.56 Å². The Hall–Kier alpha value is -1.55. The third kappa shape index (κ3) is 2.66. The molecule has 1 unspecified atom stereocenters. The molecule has 1 aliphatic carbocycles. The number of esters is 1. The maximum absolute atomic E-state index is 11.4. The summed E-state index contributed by atoms with van der Waals surface area (Å²) in [4.78, 5) is 11.4. The average molecular weight is 276 g/mol. The molecule has 0 N–H and O–H groups in total. The summed E-state index contributed by atoms with van der Waals surface area (Å²) in [7, 11) is 1.38. The summed E-state index contributed by atoms with van der Waals surface area (Å²) in [6.07, 6.45) is 5.71. The van der Waals surface area contributed by atoms with Crippen LogP contribution in [0.25, 0.3) is 0 Å². The first-order chi connectivity index (χ1) is 9.71. The van der Waals surface area contributed by atoms with Crippen LogP contribution in [0, 0.1) is 0 Å². The number of rotatable bonds is 3. The first-order valence-electron chi connectivity index (χ1n) is 7.20. The number of carbonyl (C=O) groups excluding carboxylic acids is 1. The number of hydrogen-bond donors (Lipinski definition) is 0. The van der Waals surface area contributed by atoms with Gasteiger partial charge >= 0.3 is 5.97 Å². The predicted octanol–water partition coefficient (Wildman–Crippen LogP) is 2.95. The van der Waals surface area contributed by atoms with Gasteiger partial charge in [-0.15, -0.1) is 0 Å². The van der Waals surface area contributed by atoms with Crippen LogP contribution in [0.1, 0.15) is 42.5 Å². The summed E-state index contributed by atoms with van der Waals surface area (Å²) in [6, 6.07) is 7.13. The molecular weight excluding hydrogens is 256 g/mol. The lowest BCUT2D eigenvalue weighted by atomic mass is 9.74.